The minimum absolute atomic E-state index is 0.0610. The molecular weight excluding hydrogens is 466 g/mol. The third kappa shape index (κ3) is 4.46. The summed E-state index contributed by atoms with van der Waals surface area (Å²) in [4.78, 5) is 33.7. The summed E-state index contributed by atoms with van der Waals surface area (Å²) in [5.74, 6) is -5.43. The fourth-order valence-electron chi connectivity index (χ4n) is 3.46. The highest BCUT2D eigenvalue weighted by Crippen LogP contribution is 2.27. The number of nitrogens with one attached hydrogen (secondary N) is 1. The van der Waals surface area contributed by atoms with Crippen molar-refractivity contribution in [3.05, 3.63) is 95.3 Å². The Morgan fingerprint density at radius 2 is 1.62 bits per heavy atom. The van der Waals surface area contributed by atoms with Gasteiger partial charge in [-0.15, -0.1) is 0 Å². The predicted molar refractivity (Wildman–Crippen MR) is 120 cm³/mol. The minimum atomic E-state index is -4.18. The number of benzene rings is 3. The second-order valence-corrected chi connectivity index (χ2v) is 8.85. The van der Waals surface area contributed by atoms with Crippen LogP contribution in [0.15, 0.2) is 76.0 Å². The molecule has 0 bridgehead atoms. The van der Waals surface area contributed by atoms with E-state index in [0.29, 0.717) is 23.4 Å². The van der Waals surface area contributed by atoms with Crippen molar-refractivity contribution in [3.63, 3.8) is 0 Å². The van der Waals surface area contributed by atoms with Crippen LogP contribution in [0.4, 0.5) is 8.78 Å². The summed E-state index contributed by atoms with van der Waals surface area (Å²) in [6.07, 6.45) is 0.600. The van der Waals surface area contributed by atoms with Crippen LogP contribution in [0, 0.1) is 11.6 Å². The van der Waals surface area contributed by atoms with Gasteiger partial charge in [-0.2, -0.15) is 12.8 Å². The molecule has 4 rings (SSSR count). The van der Waals surface area contributed by atoms with Gasteiger partial charge in [0.1, 0.15) is 23.4 Å². The molecular formula is C23H16F2N4O4S. The maximum absolute atomic E-state index is 13.8. The van der Waals surface area contributed by atoms with Crippen LogP contribution in [0.25, 0.3) is 11.0 Å². The third-order valence-electron chi connectivity index (χ3n) is 4.97. The van der Waals surface area contributed by atoms with Gasteiger partial charge in [0, 0.05) is 17.2 Å². The number of nitrogens with zero attached hydrogens (tertiary/aromatic N) is 2. The molecule has 34 heavy (non-hydrogen) atoms. The number of H-pyrrole nitrogens is 1. The highest BCUT2D eigenvalue weighted by Gasteiger charge is 2.34. The van der Waals surface area contributed by atoms with Crippen LogP contribution in [0.1, 0.15) is 32.5 Å². The largest absolute Gasteiger partial charge is 0.389 e. The van der Waals surface area contributed by atoms with Crippen LogP contribution in [-0.2, 0) is 10.0 Å². The first-order valence-corrected chi connectivity index (χ1v) is 11.2. The van der Waals surface area contributed by atoms with Gasteiger partial charge in [0.2, 0.25) is 0 Å². The van der Waals surface area contributed by atoms with Gasteiger partial charge in [0.05, 0.1) is 22.3 Å². The number of carbonyl (C=O) groups is 2. The standard InChI is InChI=1S/C23H16F2N4O4S/c24-15-8-14(9-16(25)11-15)22(31)20(23-28-18-6-1-2-7-19(18)29-23)21(30)13-4-3-5-17(10-13)34(32,33)27-12-26/h1-12,20H,(H2,26,27)(H,28,29). The SMILES string of the molecule is NC=NS(=O)(=O)c1cccc(C(=O)C(C(=O)c2cc(F)cc(F)c2)c2nc3ccccc3[nH]2)c1. The summed E-state index contributed by atoms with van der Waals surface area (Å²) in [6.45, 7) is 0. The Morgan fingerprint density at radius 3 is 2.29 bits per heavy atom. The summed E-state index contributed by atoms with van der Waals surface area (Å²) in [5, 5.41) is 0. The molecule has 4 aromatic rings. The second-order valence-electron chi connectivity index (χ2n) is 7.22. The number of fused-ring (bicyclic) bond motifs is 1. The monoisotopic (exact) mass is 482 g/mol. The summed E-state index contributed by atoms with van der Waals surface area (Å²) in [5.41, 5.74) is 5.54. The van der Waals surface area contributed by atoms with Crippen molar-refractivity contribution in [1.82, 2.24) is 9.97 Å². The smallest absolute Gasteiger partial charge is 0.283 e. The zero-order valence-electron chi connectivity index (χ0n) is 17.3. The number of halogens is 2. The van der Waals surface area contributed by atoms with E-state index in [9.17, 15) is 26.8 Å². The molecule has 1 unspecified atom stereocenters. The lowest BCUT2D eigenvalue weighted by Gasteiger charge is -2.14. The highest BCUT2D eigenvalue weighted by atomic mass is 32.2. The third-order valence-corrected chi connectivity index (χ3v) is 6.22. The average Bonchev–Trinajstić information content (AvgIpc) is 3.22. The van der Waals surface area contributed by atoms with Crippen molar-refractivity contribution in [3.8, 4) is 0 Å². The number of rotatable bonds is 7. The van der Waals surface area contributed by atoms with Crippen molar-refractivity contribution in [2.24, 2.45) is 10.1 Å². The number of nitrogens with two attached hydrogens (primary N) is 1. The van der Waals surface area contributed by atoms with Crippen LogP contribution in [-0.4, -0.2) is 36.3 Å². The van der Waals surface area contributed by atoms with Crippen LogP contribution in [0.3, 0.4) is 0 Å². The van der Waals surface area contributed by atoms with Crippen molar-refractivity contribution in [1.29, 1.82) is 0 Å². The minimum Gasteiger partial charge on any atom is -0.389 e. The van der Waals surface area contributed by atoms with Gasteiger partial charge in [-0.3, -0.25) is 9.59 Å². The van der Waals surface area contributed by atoms with Gasteiger partial charge >= 0.3 is 0 Å². The number of aromatic nitrogens is 2. The Balaban J connectivity index is 1.86. The van der Waals surface area contributed by atoms with E-state index < -0.39 is 39.1 Å². The molecule has 1 heterocycles. The molecule has 1 aromatic heterocycles. The molecule has 172 valence electrons. The molecule has 11 heteroatoms. The Hall–Kier alpha value is -4.25. The van der Waals surface area contributed by atoms with Gasteiger partial charge in [-0.25, -0.2) is 13.8 Å². The summed E-state index contributed by atoms with van der Waals surface area (Å²) >= 11 is 0. The van der Waals surface area contributed by atoms with Crippen molar-refractivity contribution >= 4 is 39.0 Å². The highest BCUT2D eigenvalue weighted by molar-refractivity contribution is 7.90. The van der Waals surface area contributed by atoms with E-state index in [1.54, 1.807) is 24.3 Å². The van der Waals surface area contributed by atoms with Gasteiger partial charge in [0.15, 0.2) is 11.6 Å². The number of carbonyl (C=O) groups excluding carboxylic acids is 2. The number of aromatic amines is 1. The Morgan fingerprint density at radius 1 is 0.941 bits per heavy atom. The lowest BCUT2D eigenvalue weighted by molar-refractivity contribution is 0.0855. The summed E-state index contributed by atoms with van der Waals surface area (Å²) in [6, 6.07) is 13.8. The molecule has 8 nitrogen and oxygen atoms in total. The molecule has 0 aliphatic rings. The van der Waals surface area contributed by atoms with E-state index in [4.69, 9.17) is 5.73 Å². The van der Waals surface area contributed by atoms with Crippen LogP contribution in [0.5, 0.6) is 0 Å². The molecule has 0 aliphatic heterocycles. The lowest BCUT2D eigenvalue weighted by atomic mass is 9.89. The van der Waals surface area contributed by atoms with E-state index in [0.717, 1.165) is 18.2 Å². The summed E-state index contributed by atoms with van der Waals surface area (Å²) in [7, 11) is -4.18. The van der Waals surface area contributed by atoms with Crippen LogP contribution in [0.2, 0.25) is 0 Å². The van der Waals surface area contributed by atoms with Crippen LogP contribution < -0.4 is 5.73 Å². The normalized spacial score (nSPS) is 12.8. The predicted octanol–water partition coefficient (Wildman–Crippen LogP) is 3.37. The van der Waals surface area contributed by atoms with Crippen molar-refractivity contribution < 1.29 is 26.8 Å². The van der Waals surface area contributed by atoms with Gasteiger partial charge in [-0.05, 0) is 36.4 Å². The number of hydrogen-bond acceptors (Lipinski definition) is 5. The molecule has 0 spiro atoms. The topological polar surface area (TPSA) is 135 Å². The Bertz CT molecular complexity index is 1510. The fraction of sp³-hybridized carbons (Fsp3) is 0.0435. The maximum Gasteiger partial charge on any atom is 0.283 e. The van der Waals surface area contributed by atoms with Crippen LogP contribution >= 0.6 is 0 Å². The first-order valence-electron chi connectivity index (χ1n) is 9.79. The number of hydrogen-bond donors (Lipinski definition) is 2. The molecule has 1 atom stereocenters. The van der Waals surface area contributed by atoms with Gasteiger partial charge < -0.3 is 10.7 Å². The van der Waals surface area contributed by atoms with E-state index >= 15 is 0 Å². The number of ketones is 2. The first kappa shape index (κ1) is 22.9. The second kappa shape index (κ2) is 8.94. The molecule has 0 amide bonds. The molecule has 0 saturated carbocycles. The van der Waals surface area contributed by atoms with Crippen molar-refractivity contribution in [2.75, 3.05) is 0 Å². The molecule has 0 fully saturated rings. The van der Waals surface area contributed by atoms with E-state index in [-0.39, 0.29) is 21.8 Å². The Kier molecular flexibility index (Phi) is 6.03. The zero-order chi connectivity index (χ0) is 24.5. The quantitative estimate of drug-likeness (QED) is 0.179. The number of Topliss-reactive ketones (excluding diaryl/α,β-unsaturated/α-hetero) is 2. The van der Waals surface area contributed by atoms with Gasteiger partial charge in [-0.1, -0.05) is 24.3 Å². The van der Waals surface area contributed by atoms with Gasteiger partial charge in [0.25, 0.3) is 10.0 Å². The van der Waals surface area contributed by atoms with E-state index in [1.807, 2.05) is 0 Å². The lowest BCUT2D eigenvalue weighted by Crippen LogP contribution is -2.24. The molecule has 3 N–H and O–H groups in total. The zero-order valence-corrected chi connectivity index (χ0v) is 18.1. The average molecular weight is 482 g/mol. The maximum atomic E-state index is 13.8. The van der Waals surface area contributed by atoms with E-state index in [2.05, 4.69) is 14.4 Å². The number of sulfonamides is 1. The molecule has 0 aliphatic carbocycles. The number of imidazole rings is 1. The van der Waals surface area contributed by atoms with Crippen molar-refractivity contribution in [2.45, 2.75) is 10.8 Å². The molecule has 0 radical (unpaired) electrons. The van der Waals surface area contributed by atoms with E-state index in [1.165, 1.54) is 18.2 Å². The summed E-state index contributed by atoms with van der Waals surface area (Å²) < 4.78 is 55.3. The molecule has 3 aromatic carbocycles. The fourth-order valence-corrected chi connectivity index (χ4v) is 4.27. The first-order chi connectivity index (χ1) is 16.2. The Labute approximate surface area is 192 Å². The molecule has 0 saturated heterocycles. The number of para-hydroxylation sites is 2.